The van der Waals surface area contributed by atoms with Crippen LogP contribution in [0.25, 0.3) is 10.8 Å². The second-order valence-corrected chi connectivity index (χ2v) is 11.9. The molecule has 0 aliphatic heterocycles. The molecule has 13 nitrogen and oxygen atoms in total. The number of nitrogens with two attached hydrogens (primary N) is 1. The van der Waals surface area contributed by atoms with Crippen LogP contribution in [0.15, 0.2) is 68.6 Å². The summed E-state index contributed by atoms with van der Waals surface area (Å²) >= 11 is 6.37. The first-order valence-electron chi connectivity index (χ1n) is 9.85. The fourth-order valence-electron chi connectivity index (χ4n) is 3.05. The second-order valence-electron chi connectivity index (χ2n) is 7.31. The predicted octanol–water partition coefficient (Wildman–Crippen LogP) is 3.57. The minimum Gasteiger partial charge on any atom is -0.351 e. The number of urea groups is 1. The van der Waals surface area contributed by atoms with Gasteiger partial charge in [0.2, 0.25) is 5.91 Å². The van der Waals surface area contributed by atoms with Gasteiger partial charge in [0.05, 0.1) is 16.3 Å². The van der Waals surface area contributed by atoms with Crippen LogP contribution in [0.4, 0.5) is 27.5 Å². The maximum atomic E-state index is 12.1. The zero-order valence-electron chi connectivity index (χ0n) is 20.3. The molecule has 0 fully saturated rings. The van der Waals surface area contributed by atoms with E-state index < -0.39 is 40.9 Å². The number of hydrogen-bond donors (Lipinski definition) is 5. The SMILES string of the molecule is NC(=O)Nc1cc(NC(=O)C(Br)CBr)ccc1N=Nc1ccc2cc(S(=O)(=O)O)cc(S(=O)(=O)O)c2c1.[Na].[Na]. The number of benzene rings is 3. The van der Waals surface area contributed by atoms with Crippen LogP contribution in [-0.2, 0) is 25.0 Å². The van der Waals surface area contributed by atoms with Crippen molar-refractivity contribution in [1.82, 2.24) is 0 Å². The van der Waals surface area contributed by atoms with E-state index in [4.69, 9.17) is 5.73 Å². The number of fused-ring (bicyclic) bond motifs is 1. The van der Waals surface area contributed by atoms with Crippen LogP contribution in [0.1, 0.15) is 0 Å². The number of primary amides is 1. The summed E-state index contributed by atoms with van der Waals surface area (Å²) in [7, 11) is -9.65. The Morgan fingerprint density at radius 3 is 2.15 bits per heavy atom. The molecule has 1 atom stereocenters. The smallest absolute Gasteiger partial charge is 0.316 e. The molecule has 19 heteroatoms. The minimum atomic E-state index is -4.89. The van der Waals surface area contributed by atoms with Crippen LogP contribution in [0, 0.1) is 0 Å². The van der Waals surface area contributed by atoms with Crippen LogP contribution in [0.3, 0.4) is 0 Å². The van der Waals surface area contributed by atoms with Crippen LogP contribution < -0.4 is 16.4 Å². The van der Waals surface area contributed by atoms with E-state index in [-0.39, 0.29) is 92.9 Å². The third-order valence-electron chi connectivity index (χ3n) is 4.66. The van der Waals surface area contributed by atoms with Gasteiger partial charge in [-0.25, -0.2) is 4.79 Å². The monoisotopic (exact) mass is 723 g/mol. The van der Waals surface area contributed by atoms with E-state index in [1.54, 1.807) is 0 Å². The first kappa shape index (κ1) is 36.1. The zero-order chi connectivity index (χ0) is 27.5. The van der Waals surface area contributed by atoms with Gasteiger partial charge in [-0.1, -0.05) is 37.9 Å². The standard InChI is InChI=1S/C20H17Br2N5O8S2.2Na/c21-9-15(22)19(28)24-11-3-4-16(17(7-11)25-20(23)29)27-26-12-2-1-10-5-13(36(30,31)32)8-18(14(10)6-12)37(33,34)35;;/h1-8,15H,9H2,(H,24,28)(H3,23,25,29)(H,30,31,32)(H,33,34,35);;. The maximum absolute atomic E-state index is 12.1. The van der Waals surface area contributed by atoms with Gasteiger partial charge in [-0.3, -0.25) is 13.9 Å². The fraction of sp³-hybridized carbons (Fsp3) is 0.100. The summed E-state index contributed by atoms with van der Waals surface area (Å²) in [5.74, 6) is -0.348. The van der Waals surface area contributed by atoms with E-state index >= 15 is 0 Å². The van der Waals surface area contributed by atoms with Gasteiger partial charge in [-0.05, 0) is 47.9 Å². The first-order valence-corrected chi connectivity index (χ1v) is 14.8. The van der Waals surface area contributed by atoms with Crippen LogP contribution in [0.5, 0.6) is 0 Å². The Morgan fingerprint density at radius 1 is 0.923 bits per heavy atom. The normalized spacial score (nSPS) is 12.3. The van der Waals surface area contributed by atoms with Gasteiger partial charge in [0.25, 0.3) is 20.2 Å². The van der Waals surface area contributed by atoms with Gasteiger partial charge < -0.3 is 16.4 Å². The second kappa shape index (κ2) is 14.8. The quantitative estimate of drug-likeness (QED) is 0.0999. The molecule has 6 N–H and O–H groups in total. The van der Waals surface area contributed by atoms with E-state index in [1.165, 1.54) is 36.4 Å². The molecule has 1 unspecified atom stereocenters. The molecule has 0 spiro atoms. The van der Waals surface area contributed by atoms with Crippen molar-refractivity contribution >= 4 is 157 Å². The van der Waals surface area contributed by atoms with Crippen molar-refractivity contribution in [2.45, 2.75) is 14.6 Å². The molecule has 0 heterocycles. The van der Waals surface area contributed by atoms with Crippen LogP contribution in [0.2, 0.25) is 0 Å². The Bertz CT molecular complexity index is 1660. The number of carbonyl (C=O) groups excluding carboxylic acids is 2. The molecule has 2 radical (unpaired) electrons. The van der Waals surface area contributed by atoms with Gasteiger partial charge in [0, 0.05) is 75.5 Å². The summed E-state index contributed by atoms with van der Waals surface area (Å²) in [6, 6.07) is 8.98. The number of alkyl halides is 2. The van der Waals surface area contributed by atoms with E-state index in [2.05, 4.69) is 52.7 Å². The molecule has 0 saturated carbocycles. The Labute approximate surface area is 284 Å². The van der Waals surface area contributed by atoms with Crippen LogP contribution >= 0.6 is 31.9 Å². The average Bonchev–Trinajstić information content (AvgIpc) is 2.80. The van der Waals surface area contributed by atoms with Crippen molar-refractivity contribution in [3.8, 4) is 0 Å². The number of rotatable bonds is 8. The largest absolute Gasteiger partial charge is 0.351 e. The number of anilines is 2. The van der Waals surface area contributed by atoms with Gasteiger partial charge in [-0.15, -0.1) is 5.11 Å². The molecule has 3 aromatic carbocycles. The van der Waals surface area contributed by atoms with Crippen LogP contribution in [-0.4, -0.2) is 107 Å². The zero-order valence-corrected chi connectivity index (χ0v) is 29.1. The van der Waals surface area contributed by atoms with Crippen molar-refractivity contribution in [3.05, 3.63) is 48.5 Å². The topological polar surface area (TPSA) is 218 Å². The van der Waals surface area contributed by atoms with Gasteiger partial charge in [0.15, 0.2) is 0 Å². The Balaban J connectivity index is 0.00000380. The van der Waals surface area contributed by atoms with Gasteiger partial charge >= 0.3 is 6.03 Å². The summed E-state index contributed by atoms with van der Waals surface area (Å²) in [5, 5.41) is 13.4. The van der Waals surface area contributed by atoms with Crippen molar-refractivity contribution in [3.63, 3.8) is 0 Å². The van der Waals surface area contributed by atoms with Crippen molar-refractivity contribution in [1.29, 1.82) is 0 Å². The summed E-state index contributed by atoms with van der Waals surface area (Å²) < 4.78 is 65.6. The molecule has 3 aromatic rings. The third kappa shape index (κ3) is 9.82. The molecule has 0 aromatic heterocycles. The minimum absolute atomic E-state index is 0. The molecule has 0 bridgehead atoms. The molecule has 3 rings (SSSR count). The molecule has 0 aliphatic rings. The van der Waals surface area contributed by atoms with E-state index in [1.807, 2.05) is 0 Å². The molecule has 198 valence electrons. The number of amides is 3. The van der Waals surface area contributed by atoms with E-state index in [0.29, 0.717) is 17.1 Å². The third-order valence-corrected chi connectivity index (χ3v) is 8.65. The van der Waals surface area contributed by atoms with Crippen molar-refractivity contribution < 1.29 is 35.5 Å². The molecule has 3 amide bonds. The van der Waals surface area contributed by atoms with Crippen molar-refractivity contribution in [2.75, 3.05) is 16.0 Å². The Hall–Kier alpha value is -0.960. The summed E-state index contributed by atoms with van der Waals surface area (Å²) in [4.78, 5) is 21.6. The number of hydrogen-bond acceptors (Lipinski definition) is 8. The Morgan fingerprint density at radius 2 is 1.59 bits per heavy atom. The van der Waals surface area contributed by atoms with Gasteiger partial charge in [0.1, 0.15) is 15.4 Å². The number of nitrogens with zero attached hydrogens (tertiary/aromatic N) is 2. The number of carbonyl (C=O) groups is 2. The summed E-state index contributed by atoms with van der Waals surface area (Å²) in [5.41, 5.74) is 5.88. The average molecular weight is 725 g/mol. The maximum Gasteiger partial charge on any atom is 0.316 e. The predicted molar refractivity (Wildman–Crippen MR) is 154 cm³/mol. The number of nitrogens with one attached hydrogen (secondary N) is 2. The van der Waals surface area contributed by atoms with E-state index in [9.17, 15) is 35.5 Å². The molecule has 39 heavy (non-hydrogen) atoms. The molecular formula is C20H17Br2N5Na2O8S2. The first-order chi connectivity index (χ1) is 17.2. The van der Waals surface area contributed by atoms with Gasteiger partial charge in [-0.2, -0.15) is 21.9 Å². The Kier molecular flexibility index (Phi) is 13.7. The molecule has 0 aliphatic carbocycles. The molecular weight excluding hydrogens is 708 g/mol. The van der Waals surface area contributed by atoms with E-state index in [0.717, 1.165) is 6.07 Å². The summed E-state index contributed by atoms with van der Waals surface area (Å²) in [6.45, 7) is 0. The number of azo groups is 1. The fourth-order valence-corrected chi connectivity index (χ4v) is 4.80. The number of halogens is 2. The summed E-state index contributed by atoms with van der Waals surface area (Å²) in [6.07, 6.45) is 0. The molecule has 0 saturated heterocycles. The van der Waals surface area contributed by atoms with Crippen molar-refractivity contribution in [2.24, 2.45) is 16.0 Å².